The molecule has 96 valence electrons. The lowest BCUT2D eigenvalue weighted by atomic mass is 10.2. The molecule has 2 aromatic rings. The van der Waals surface area contributed by atoms with Gasteiger partial charge in [0.1, 0.15) is 5.75 Å². The molecule has 18 heavy (non-hydrogen) atoms. The van der Waals surface area contributed by atoms with Crippen molar-refractivity contribution in [1.82, 2.24) is 0 Å². The Morgan fingerprint density at radius 1 is 1.33 bits per heavy atom. The van der Waals surface area contributed by atoms with Crippen LogP contribution >= 0.6 is 11.3 Å². The number of benzene rings is 1. The number of thiophene rings is 1. The van der Waals surface area contributed by atoms with Crippen LogP contribution in [-0.2, 0) is 6.54 Å². The second kappa shape index (κ2) is 5.78. The first-order chi connectivity index (χ1) is 8.65. The molecular formula is C14H18N2OS. The van der Waals surface area contributed by atoms with Gasteiger partial charge >= 0.3 is 0 Å². The smallest absolute Gasteiger partial charge is 0.144 e. The average Bonchev–Trinajstić information content (AvgIpc) is 2.82. The normalized spacial score (nSPS) is 10.6. The second-order valence-corrected chi connectivity index (χ2v) is 5.18. The summed E-state index contributed by atoms with van der Waals surface area (Å²) in [5, 5.41) is 7.57. The van der Waals surface area contributed by atoms with Crippen LogP contribution in [0, 0.1) is 0 Å². The summed E-state index contributed by atoms with van der Waals surface area (Å²) in [6.45, 7) is 4.80. The van der Waals surface area contributed by atoms with Gasteiger partial charge in [-0.2, -0.15) is 11.3 Å². The lowest BCUT2D eigenvalue weighted by Crippen LogP contribution is -2.08. The molecule has 0 fully saturated rings. The van der Waals surface area contributed by atoms with Crippen molar-refractivity contribution in [2.75, 3.05) is 11.1 Å². The Labute approximate surface area is 112 Å². The van der Waals surface area contributed by atoms with Crippen LogP contribution in [-0.4, -0.2) is 6.10 Å². The van der Waals surface area contributed by atoms with Crippen LogP contribution in [0.3, 0.4) is 0 Å². The number of anilines is 2. The van der Waals surface area contributed by atoms with Gasteiger partial charge in [0.05, 0.1) is 11.8 Å². The van der Waals surface area contributed by atoms with Gasteiger partial charge in [-0.1, -0.05) is 0 Å². The van der Waals surface area contributed by atoms with Gasteiger partial charge in [0.2, 0.25) is 0 Å². The van der Waals surface area contributed by atoms with Gasteiger partial charge in [-0.25, -0.2) is 0 Å². The highest BCUT2D eigenvalue weighted by Gasteiger charge is 2.04. The molecule has 0 saturated carbocycles. The van der Waals surface area contributed by atoms with E-state index in [-0.39, 0.29) is 6.10 Å². The number of hydrogen-bond donors (Lipinski definition) is 2. The van der Waals surface area contributed by atoms with E-state index in [1.54, 1.807) is 11.3 Å². The van der Waals surface area contributed by atoms with Gasteiger partial charge in [0, 0.05) is 18.3 Å². The maximum absolute atomic E-state index is 5.88. The molecule has 0 unspecified atom stereocenters. The van der Waals surface area contributed by atoms with Crippen molar-refractivity contribution >= 4 is 22.7 Å². The summed E-state index contributed by atoms with van der Waals surface area (Å²) in [7, 11) is 0. The van der Waals surface area contributed by atoms with Crippen LogP contribution in [0.15, 0.2) is 35.0 Å². The molecule has 1 heterocycles. The Kier molecular flexibility index (Phi) is 4.10. The molecule has 0 aliphatic carbocycles. The summed E-state index contributed by atoms with van der Waals surface area (Å²) in [6.07, 6.45) is 0.124. The molecule has 0 amide bonds. The first kappa shape index (κ1) is 12.8. The third-order valence-electron chi connectivity index (χ3n) is 2.45. The molecule has 0 spiro atoms. The molecule has 2 rings (SSSR count). The van der Waals surface area contributed by atoms with Crippen LogP contribution in [0.1, 0.15) is 19.4 Å². The van der Waals surface area contributed by atoms with E-state index in [2.05, 4.69) is 22.1 Å². The molecule has 4 heteroatoms. The third-order valence-corrected chi connectivity index (χ3v) is 3.19. The van der Waals surface area contributed by atoms with Crippen LogP contribution in [0.4, 0.5) is 11.4 Å². The molecular weight excluding hydrogens is 244 g/mol. The topological polar surface area (TPSA) is 47.3 Å². The van der Waals surface area contributed by atoms with Crippen LogP contribution in [0.5, 0.6) is 5.75 Å². The van der Waals surface area contributed by atoms with E-state index in [9.17, 15) is 0 Å². The van der Waals surface area contributed by atoms with Crippen LogP contribution in [0.2, 0.25) is 0 Å². The minimum absolute atomic E-state index is 0.124. The Balaban J connectivity index is 2.04. The van der Waals surface area contributed by atoms with Crippen molar-refractivity contribution in [3.63, 3.8) is 0 Å². The summed E-state index contributed by atoms with van der Waals surface area (Å²) in [6, 6.07) is 7.89. The maximum atomic E-state index is 5.88. The molecule has 0 bridgehead atoms. The zero-order chi connectivity index (χ0) is 13.0. The number of rotatable bonds is 5. The van der Waals surface area contributed by atoms with E-state index in [1.807, 2.05) is 32.0 Å². The first-order valence-electron chi connectivity index (χ1n) is 5.96. The lowest BCUT2D eigenvalue weighted by Gasteiger charge is -2.14. The zero-order valence-electron chi connectivity index (χ0n) is 10.6. The largest absolute Gasteiger partial charge is 0.489 e. The molecule has 1 aromatic heterocycles. The van der Waals surface area contributed by atoms with Crippen molar-refractivity contribution in [1.29, 1.82) is 0 Å². The Morgan fingerprint density at radius 2 is 2.17 bits per heavy atom. The minimum atomic E-state index is 0.124. The van der Waals surface area contributed by atoms with Crippen LogP contribution < -0.4 is 15.8 Å². The SMILES string of the molecule is CC(C)Oc1cc(NCc2ccsc2)ccc1N. The lowest BCUT2D eigenvalue weighted by molar-refractivity contribution is 0.244. The van der Waals surface area contributed by atoms with Gasteiger partial charge in [-0.3, -0.25) is 0 Å². The molecule has 0 saturated heterocycles. The van der Waals surface area contributed by atoms with E-state index in [4.69, 9.17) is 10.5 Å². The number of nitrogen functional groups attached to an aromatic ring is 1. The fourth-order valence-electron chi connectivity index (χ4n) is 1.60. The monoisotopic (exact) mass is 262 g/mol. The Bertz CT molecular complexity index is 495. The van der Waals surface area contributed by atoms with Gasteiger partial charge in [0.15, 0.2) is 0 Å². The predicted octanol–water partition coefficient (Wildman–Crippen LogP) is 3.73. The van der Waals surface area contributed by atoms with E-state index in [1.165, 1.54) is 5.56 Å². The summed E-state index contributed by atoms with van der Waals surface area (Å²) >= 11 is 1.70. The summed E-state index contributed by atoms with van der Waals surface area (Å²) in [5.41, 5.74) is 8.85. The summed E-state index contributed by atoms with van der Waals surface area (Å²) in [4.78, 5) is 0. The molecule has 3 N–H and O–H groups in total. The van der Waals surface area contributed by atoms with E-state index in [0.717, 1.165) is 18.0 Å². The summed E-state index contributed by atoms with van der Waals surface area (Å²) in [5.74, 6) is 0.736. The van der Waals surface area contributed by atoms with E-state index >= 15 is 0 Å². The van der Waals surface area contributed by atoms with E-state index in [0.29, 0.717) is 5.69 Å². The molecule has 3 nitrogen and oxygen atoms in total. The van der Waals surface area contributed by atoms with Gasteiger partial charge in [-0.05, 0) is 48.4 Å². The van der Waals surface area contributed by atoms with Crippen molar-refractivity contribution < 1.29 is 4.74 Å². The molecule has 1 aromatic carbocycles. The maximum Gasteiger partial charge on any atom is 0.144 e. The van der Waals surface area contributed by atoms with Gasteiger partial charge in [0.25, 0.3) is 0 Å². The highest BCUT2D eigenvalue weighted by molar-refractivity contribution is 7.07. The fraction of sp³-hybridized carbons (Fsp3) is 0.286. The number of hydrogen-bond acceptors (Lipinski definition) is 4. The highest BCUT2D eigenvalue weighted by atomic mass is 32.1. The third kappa shape index (κ3) is 3.40. The van der Waals surface area contributed by atoms with Crippen molar-refractivity contribution in [2.24, 2.45) is 0 Å². The van der Waals surface area contributed by atoms with Crippen molar-refractivity contribution in [3.05, 3.63) is 40.6 Å². The highest BCUT2D eigenvalue weighted by Crippen LogP contribution is 2.26. The van der Waals surface area contributed by atoms with Gasteiger partial charge < -0.3 is 15.8 Å². The average molecular weight is 262 g/mol. The molecule has 0 aliphatic rings. The number of nitrogens with one attached hydrogen (secondary N) is 1. The zero-order valence-corrected chi connectivity index (χ0v) is 11.5. The van der Waals surface area contributed by atoms with Crippen molar-refractivity contribution in [2.45, 2.75) is 26.5 Å². The molecule has 0 atom stereocenters. The first-order valence-corrected chi connectivity index (χ1v) is 6.90. The number of ether oxygens (including phenoxy) is 1. The van der Waals surface area contributed by atoms with E-state index < -0.39 is 0 Å². The predicted molar refractivity (Wildman–Crippen MR) is 78.3 cm³/mol. The second-order valence-electron chi connectivity index (χ2n) is 4.40. The quantitative estimate of drug-likeness (QED) is 0.807. The Hall–Kier alpha value is -1.68. The fourth-order valence-corrected chi connectivity index (χ4v) is 2.27. The summed E-state index contributed by atoms with van der Waals surface area (Å²) < 4.78 is 5.66. The molecule has 0 radical (unpaired) electrons. The minimum Gasteiger partial charge on any atom is -0.489 e. The van der Waals surface area contributed by atoms with Gasteiger partial charge in [-0.15, -0.1) is 0 Å². The van der Waals surface area contributed by atoms with Crippen LogP contribution in [0.25, 0.3) is 0 Å². The Morgan fingerprint density at radius 3 is 2.83 bits per heavy atom. The standard InChI is InChI=1S/C14H18N2OS/c1-10(2)17-14-7-12(3-4-13(14)15)16-8-11-5-6-18-9-11/h3-7,9-10,16H,8,15H2,1-2H3. The van der Waals surface area contributed by atoms with Crippen molar-refractivity contribution in [3.8, 4) is 5.75 Å². The molecule has 0 aliphatic heterocycles. The number of nitrogens with two attached hydrogens (primary N) is 1.